The average Bonchev–Trinajstić information content (AvgIpc) is 1.84. The number of hydrogen-bond donors (Lipinski definition) is 3. The zero-order valence-electron chi connectivity index (χ0n) is 7.46. The standard InChI is InChI=1S/C6H13NO2.HN3/c1-6(2,3)7-4-5(8)9;1-3-2/h7H,4H2,1-3H3,(H,8,9);1H. The Morgan fingerprint density at radius 2 is 2.00 bits per heavy atom. The summed E-state index contributed by atoms with van der Waals surface area (Å²) in [6, 6.07) is 0. The molecule has 0 aromatic carbocycles. The predicted molar refractivity (Wildman–Crippen MR) is 44.8 cm³/mol. The largest absolute Gasteiger partial charge is 0.480 e. The number of carboxylic acid groups (broad SMARTS) is 1. The number of nitrogens with zero attached hydrogens (tertiary/aromatic N) is 2. The van der Waals surface area contributed by atoms with Crippen molar-refractivity contribution in [2.24, 2.45) is 0 Å². The molecule has 0 atom stereocenters. The van der Waals surface area contributed by atoms with Gasteiger partial charge in [0.25, 0.3) is 0 Å². The number of rotatable bonds is 2. The van der Waals surface area contributed by atoms with E-state index in [2.05, 4.69) is 5.32 Å². The molecular formula is C6H14N4O2. The molecule has 0 aromatic rings. The van der Waals surface area contributed by atoms with Gasteiger partial charge in [0.15, 0.2) is 0 Å². The summed E-state index contributed by atoms with van der Waals surface area (Å²) in [5.41, 5.74) is 12.2. The predicted octanol–water partition coefficient (Wildman–Crippen LogP) is 1.33. The maximum Gasteiger partial charge on any atom is 0.317 e. The molecule has 0 unspecified atom stereocenters. The molecule has 0 rings (SSSR count). The van der Waals surface area contributed by atoms with Gasteiger partial charge in [-0.2, -0.15) is 0 Å². The molecule has 0 bridgehead atoms. The van der Waals surface area contributed by atoms with Crippen molar-refractivity contribution < 1.29 is 9.90 Å². The van der Waals surface area contributed by atoms with E-state index in [0.29, 0.717) is 0 Å². The number of carbonyl (C=O) groups is 1. The number of nitrogens with one attached hydrogen (secondary N) is 2. The minimum atomic E-state index is -0.815. The first-order chi connectivity index (χ1) is 5.33. The van der Waals surface area contributed by atoms with Crippen LogP contribution < -0.4 is 5.32 Å². The van der Waals surface area contributed by atoms with Gasteiger partial charge in [-0.05, 0) is 31.2 Å². The quantitative estimate of drug-likeness (QED) is 0.333. The molecule has 0 aliphatic heterocycles. The maximum absolute atomic E-state index is 9.98. The smallest absolute Gasteiger partial charge is 0.317 e. The van der Waals surface area contributed by atoms with Crippen LogP contribution in [0.1, 0.15) is 20.8 Å². The maximum atomic E-state index is 9.98. The molecule has 0 saturated carbocycles. The summed E-state index contributed by atoms with van der Waals surface area (Å²) in [7, 11) is 0. The van der Waals surface area contributed by atoms with E-state index in [0.717, 1.165) is 0 Å². The van der Waals surface area contributed by atoms with Crippen LogP contribution >= 0.6 is 0 Å². The van der Waals surface area contributed by atoms with Crippen LogP contribution in [0.15, 0.2) is 0 Å². The first-order valence-electron chi connectivity index (χ1n) is 3.31. The van der Waals surface area contributed by atoms with Crippen LogP contribution in [0.5, 0.6) is 0 Å². The Morgan fingerprint density at radius 1 is 1.67 bits per heavy atom. The Balaban J connectivity index is 0. The Kier molecular flexibility index (Phi) is 7.17. The van der Waals surface area contributed by atoms with Crippen molar-refractivity contribution in [3.05, 3.63) is 10.4 Å². The van der Waals surface area contributed by atoms with Gasteiger partial charge in [-0.15, -0.1) is 5.53 Å². The summed E-state index contributed by atoms with van der Waals surface area (Å²) in [4.78, 5) is 11.7. The van der Waals surface area contributed by atoms with Crippen LogP contribution in [0.2, 0.25) is 0 Å². The summed E-state index contributed by atoms with van der Waals surface area (Å²) in [5.74, 6) is -0.815. The molecule has 6 nitrogen and oxygen atoms in total. The van der Waals surface area contributed by atoms with E-state index in [4.69, 9.17) is 16.2 Å². The van der Waals surface area contributed by atoms with E-state index in [1.807, 2.05) is 20.8 Å². The van der Waals surface area contributed by atoms with Crippen LogP contribution in [0.4, 0.5) is 0 Å². The Labute approximate surface area is 71.0 Å². The molecule has 0 aliphatic rings. The van der Waals surface area contributed by atoms with Crippen molar-refractivity contribution in [3.8, 4) is 0 Å². The third-order valence-corrected chi connectivity index (χ3v) is 0.770. The third-order valence-electron chi connectivity index (χ3n) is 0.770. The topological polar surface area (TPSA) is 110 Å². The van der Waals surface area contributed by atoms with Gasteiger partial charge in [-0.3, -0.25) is 4.79 Å². The molecule has 0 radical (unpaired) electrons. The van der Waals surface area contributed by atoms with Gasteiger partial charge in [-0.1, -0.05) is 0 Å². The monoisotopic (exact) mass is 174 g/mol. The summed E-state index contributed by atoms with van der Waals surface area (Å²) in [6.45, 7) is 5.81. The summed E-state index contributed by atoms with van der Waals surface area (Å²) >= 11 is 0. The van der Waals surface area contributed by atoms with Crippen LogP contribution in [0.3, 0.4) is 0 Å². The van der Waals surface area contributed by atoms with Gasteiger partial charge in [0.05, 0.1) is 6.54 Å². The van der Waals surface area contributed by atoms with E-state index in [1.54, 1.807) is 4.91 Å². The zero-order valence-corrected chi connectivity index (χ0v) is 7.46. The van der Waals surface area contributed by atoms with E-state index in [1.165, 1.54) is 0 Å². The Bertz CT molecular complexity index is 167. The summed E-state index contributed by atoms with van der Waals surface area (Å²) in [6.07, 6.45) is 0. The second-order valence-corrected chi connectivity index (χ2v) is 3.10. The third kappa shape index (κ3) is 23.3. The van der Waals surface area contributed by atoms with Crippen molar-refractivity contribution in [2.45, 2.75) is 26.3 Å². The highest BCUT2D eigenvalue weighted by atomic mass is 16.4. The highest BCUT2D eigenvalue weighted by Gasteiger charge is 2.09. The molecule has 70 valence electrons. The van der Waals surface area contributed by atoms with Gasteiger partial charge in [0, 0.05) is 5.54 Å². The van der Waals surface area contributed by atoms with Crippen LogP contribution in [0, 0.1) is 5.53 Å². The van der Waals surface area contributed by atoms with Gasteiger partial charge in [-0.25, -0.2) is 0 Å². The highest BCUT2D eigenvalue weighted by molar-refractivity contribution is 5.69. The van der Waals surface area contributed by atoms with Gasteiger partial charge < -0.3 is 10.4 Å². The lowest BCUT2D eigenvalue weighted by atomic mass is 10.1. The fourth-order valence-corrected chi connectivity index (χ4v) is 0.341. The van der Waals surface area contributed by atoms with Crippen molar-refractivity contribution >= 4 is 5.97 Å². The van der Waals surface area contributed by atoms with Crippen LogP contribution in [-0.2, 0) is 4.79 Å². The average molecular weight is 174 g/mol. The van der Waals surface area contributed by atoms with E-state index in [9.17, 15) is 4.79 Å². The van der Waals surface area contributed by atoms with Crippen LogP contribution in [-0.4, -0.2) is 23.2 Å². The normalized spacial score (nSPS) is 9.25. The van der Waals surface area contributed by atoms with Gasteiger partial charge in [0.1, 0.15) is 0 Å². The highest BCUT2D eigenvalue weighted by Crippen LogP contribution is 1.96. The van der Waals surface area contributed by atoms with E-state index < -0.39 is 5.97 Å². The fraction of sp³-hybridized carbons (Fsp3) is 0.833. The Hall–Kier alpha value is -1.26. The minimum absolute atomic E-state index is 0.0312. The molecule has 0 saturated heterocycles. The van der Waals surface area contributed by atoms with Crippen molar-refractivity contribution in [1.82, 2.24) is 5.32 Å². The first-order valence-corrected chi connectivity index (χ1v) is 3.31. The van der Waals surface area contributed by atoms with E-state index in [-0.39, 0.29) is 12.1 Å². The minimum Gasteiger partial charge on any atom is -0.480 e. The second-order valence-electron chi connectivity index (χ2n) is 3.10. The Morgan fingerprint density at radius 3 is 2.08 bits per heavy atom. The number of aliphatic carboxylic acids is 1. The molecule has 0 spiro atoms. The number of hydrogen-bond acceptors (Lipinski definition) is 3. The first kappa shape index (κ1) is 13.3. The number of carboxylic acids is 1. The summed E-state index contributed by atoms with van der Waals surface area (Å²) < 4.78 is 0. The second kappa shape index (κ2) is 6.45. The molecule has 0 fully saturated rings. The molecular weight excluding hydrogens is 160 g/mol. The van der Waals surface area contributed by atoms with Crippen molar-refractivity contribution in [1.29, 1.82) is 5.53 Å². The molecule has 0 heterocycles. The molecule has 3 N–H and O–H groups in total. The lowest BCUT2D eigenvalue weighted by Gasteiger charge is -2.18. The lowest BCUT2D eigenvalue weighted by Crippen LogP contribution is -2.39. The van der Waals surface area contributed by atoms with E-state index >= 15 is 0 Å². The molecule has 0 aromatic heterocycles. The summed E-state index contributed by atoms with van der Waals surface area (Å²) in [5, 5.41) is 11.0. The SMILES string of the molecule is CC(C)(C)NCC(=O)O.[N-]=[N+]=N. The lowest BCUT2D eigenvalue weighted by molar-refractivity contribution is -0.136. The van der Waals surface area contributed by atoms with Crippen molar-refractivity contribution in [3.63, 3.8) is 0 Å². The van der Waals surface area contributed by atoms with Crippen molar-refractivity contribution in [2.75, 3.05) is 6.54 Å². The molecule has 6 heteroatoms. The van der Waals surface area contributed by atoms with Crippen LogP contribution in [0.25, 0.3) is 10.4 Å². The fourth-order valence-electron chi connectivity index (χ4n) is 0.341. The molecule has 12 heavy (non-hydrogen) atoms. The zero-order chi connectivity index (χ0) is 10.2. The van der Waals surface area contributed by atoms with Gasteiger partial charge in [0.2, 0.25) is 0 Å². The molecule has 0 aliphatic carbocycles. The van der Waals surface area contributed by atoms with Gasteiger partial charge >= 0.3 is 5.97 Å². The molecule has 0 amide bonds.